The van der Waals surface area contributed by atoms with Gasteiger partial charge in [0.15, 0.2) is 6.29 Å². The molecule has 1 aliphatic rings. The molecule has 1 amide bonds. The molecule has 7 atom stereocenters. The molecule has 0 saturated carbocycles. The fourth-order valence-corrected chi connectivity index (χ4v) is 5.53. The van der Waals surface area contributed by atoms with Gasteiger partial charge >= 0.3 is 0 Å². The molecule has 0 radical (unpaired) electrons. The second-order valence-electron chi connectivity index (χ2n) is 13.0. The van der Waals surface area contributed by atoms with Crippen LogP contribution in [-0.4, -0.2) is 87.5 Å². The maximum absolute atomic E-state index is 12.8. The van der Waals surface area contributed by atoms with Crippen molar-refractivity contribution < 1.29 is 39.8 Å². The minimum Gasteiger partial charge on any atom is -0.394 e. The van der Waals surface area contributed by atoms with Gasteiger partial charge in [-0.2, -0.15) is 0 Å². The number of allylic oxidation sites excluding steroid dienone is 7. The number of aliphatic hydroxyl groups excluding tert-OH is 5. The number of carbonyl (C=O) groups excluding carboxylic acids is 1. The zero-order chi connectivity index (χ0) is 35.2. The second-order valence-corrected chi connectivity index (χ2v) is 13.0. The number of rotatable bonds is 29. The number of aliphatic hydroxyl groups is 5. The maximum atomic E-state index is 12.8. The van der Waals surface area contributed by atoms with Crippen LogP contribution < -0.4 is 5.32 Å². The number of nitrogens with one attached hydrogen (secondary N) is 1. The molecule has 2 unspecified atom stereocenters. The third kappa shape index (κ3) is 21.3. The Kier molecular flexibility index (Phi) is 27.6. The number of amides is 1. The van der Waals surface area contributed by atoms with Crippen LogP contribution in [-0.2, 0) is 14.3 Å². The Balaban J connectivity index is 2.49. The van der Waals surface area contributed by atoms with Crippen LogP contribution in [0, 0.1) is 0 Å². The summed E-state index contributed by atoms with van der Waals surface area (Å²) in [5.74, 6) is -0.214. The highest BCUT2D eigenvalue weighted by atomic mass is 16.7. The van der Waals surface area contributed by atoms with E-state index in [0.717, 1.165) is 57.8 Å². The number of hydrogen-bond acceptors (Lipinski definition) is 8. The van der Waals surface area contributed by atoms with E-state index in [1.54, 1.807) is 12.2 Å². The average Bonchev–Trinajstić information content (AvgIpc) is 3.08. The lowest BCUT2D eigenvalue weighted by atomic mass is 9.99. The number of carbonyl (C=O) groups is 1. The van der Waals surface area contributed by atoms with Crippen molar-refractivity contribution in [2.45, 2.75) is 179 Å². The summed E-state index contributed by atoms with van der Waals surface area (Å²) >= 11 is 0. The molecule has 1 rings (SSSR count). The predicted molar refractivity (Wildman–Crippen MR) is 193 cm³/mol. The lowest BCUT2D eigenvalue weighted by Crippen LogP contribution is -2.60. The van der Waals surface area contributed by atoms with Gasteiger partial charge in [0, 0.05) is 6.42 Å². The van der Waals surface area contributed by atoms with E-state index in [4.69, 9.17) is 9.47 Å². The zero-order valence-electron chi connectivity index (χ0n) is 30.0. The summed E-state index contributed by atoms with van der Waals surface area (Å²) < 4.78 is 11.1. The molecule has 48 heavy (non-hydrogen) atoms. The number of hydrogen-bond donors (Lipinski definition) is 6. The summed E-state index contributed by atoms with van der Waals surface area (Å²) in [5, 5.41) is 53.7. The van der Waals surface area contributed by atoms with Gasteiger partial charge in [-0.05, 0) is 51.4 Å². The first-order chi connectivity index (χ1) is 23.3. The molecule has 1 saturated heterocycles. The molecule has 1 fully saturated rings. The molecule has 0 aliphatic carbocycles. The van der Waals surface area contributed by atoms with Crippen LogP contribution in [0.2, 0.25) is 0 Å². The molecular formula is C39H69NO8. The number of unbranched alkanes of at least 4 members (excludes halogenated alkanes) is 14. The fraction of sp³-hybridized carbons (Fsp3) is 0.769. The van der Waals surface area contributed by atoms with E-state index in [2.05, 4.69) is 49.5 Å². The van der Waals surface area contributed by atoms with Crippen molar-refractivity contribution in [3.8, 4) is 0 Å². The minimum absolute atomic E-state index is 0.214. The van der Waals surface area contributed by atoms with E-state index in [9.17, 15) is 30.3 Å². The van der Waals surface area contributed by atoms with E-state index in [1.807, 2.05) is 6.08 Å². The Morgan fingerprint density at radius 1 is 0.729 bits per heavy atom. The highest BCUT2D eigenvalue weighted by Gasteiger charge is 2.44. The molecule has 278 valence electrons. The Hall–Kier alpha value is -1.85. The molecule has 1 aliphatic heterocycles. The summed E-state index contributed by atoms with van der Waals surface area (Å²) in [4.78, 5) is 12.8. The summed E-state index contributed by atoms with van der Waals surface area (Å²) in [6.07, 6.45) is 28.8. The largest absolute Gasteiger partial charge is 0.394 e. The van der Waals surface area contributed by atoms with Gasteiger partial charge in [0.25, 0.3) is 0 Å². The van der Waals surface area contributed by atoms with Crippen LogP contribution in [0.1, 0.15) is 136 Å². The zero-order valence-corrected chi connectivity index (χ0v) is 30.0. The summed E-state index contributed by atoms with van der Waals surface area (Å²) in [7, 11) is 0. The van der Waals surface area contributed by atoms with Gasteiger partial charge in [-0.3, -0.25) is 4.79 Å². The van der Waals surface area contributed by atoms with Crippen molar-refractivity contribution in [3.05, 3.63) is 48.6 Å². The van der Waals surface area contributed by atoms with Crippen molar-refractivity contribution in [1.29, 1.82) is 0 Å². The van der Waals surface area contributed by atoms with E-state index in [0.29, 0.717) is 6.42 Å². The van der Waals surface area contributed by atoms with Crippen LogP contribution in [0.15, 0.2) is 48.6 Å². The van der Waals surface area contributed by atoms with Crippen LogP contribution >= 0.6 is 0 Å². The van der Waals surface area contributed by atoms with Crippen LogP contribution in [0.3, 0.4) is 0 Å². The van der Waals surface area contributed by atoms with Crippen LogP contribution in [0.4, 0.5) is 0 Å². The van der Waals surface area contributed by atoms with Gasteiger partial charge in [-0.1, -0.05) is 127 Å². The van der Waals surface area contributed by atoms with E-state index < -0.39 is 49.5 Å². The molecule has 0 bridgehead atoms. The highest BCUT2D eigenvalue weighted by Crippen LogP contribution is 2.22. The van der Waals surface area contributed by atoms with Gasteiger partial charge in [0.05, 0.1) is 25.4 Å². The Labute approximate surface area is 291 Å². The Morgan fingerprint density at radius 3 is 1.94 bits per heavy atom. The lowest BCUT2D eigenvalue weighted by molar-refractivity contribution is -0.302. The first-order valence-corrected chi connectivity index (χ1v) is 18.9. The molecule has 0 spiro atoms. The van der Waals surface area contributed by atoms with E-state index >= 15 is 0 Å². The molecule has 9 nitrogen and oxygen atoms in total. The molecule has 0 aromatic rings. The first kappa shape index (κ1) is 44.2. The molecule has 9 heteroatoms. The van der Waals surface area contributed by atoms with E-state index in [-0.39, 0.29) is 12.5 Å². The first-order valence-electron chi connectivity index (χ1n) is 18.9. The van der Waals surface area contributed by atoms with Crippen molar-refractivity contribution in [1.82, 2.24) is 5.32 Å². The third-order valence-electron chi connectivity index (χ3n) is 8.68. The molecule has 6 N–H and O–H groups in total. The summed E-state index contributed by atoms with van der Waals surface area (Å²) in [6, 6.07) is -0.842. The Morgan fingerprint density at radius 2 is 1.29 bits per heavy atom. The third-order valence-corrected chi connectivity index (χ3v) is 8.68. The van der Waals surface area contributed by atoms with Gasteiger partial charge in [-0.25, -0.2) is 0 Å². The van der Waals surface area contributed by atoms with Crippen molar-refractivity contribution in [2.24, 2.45) is 0 Å². The minimum atomic E-state index is -1.58. The summed E-state index contributed by atoms with van der Waals surface area (Å²) in [5.41, 5.74) is 0. The highest BCUT2D eigenvalue weighted by molar-refractivity contribution is 5.76. The van der Waals surface area contributed by atoms with Gasteiger partial charge in [0.2, 0.25) is 5.91 Å². The smallest absolute Gasteiger partial charge is 0.220 e. The standard InChI is InChI=1S/C39H69NO8/c1-3-5-7-9-11-13-15-16-17-18-19-21-23-25-27-29-35(43)40-32(31-47-39-38(46)37(45)36(44)34(30-41)48-39)33(42)28-26-24-22-20-14-12-10-8-6-4-2/h11,13,16-17,22,24,26,28,32-34,36-39,41-42,44-46H,3-10,12,14-15,18-21,23,25,27,29-31H2,1-2H3,(H,40,43)/b13-11+,17-16+,24-22+,28-26+/t32-,33+,34-,36-,37?,38?,39-/m0/s1. The molecule has 0 aromatic heterocycles. The van der Waals surface area contributed by atoms with Gasteiger partial charge in [-0.15, -0.1) is 0 Å². The second kappa shape index (κ2) is 30.0. The quantitative estimate of drug-likeness (QED) is 0.0306. The molecular weight excluding hydrogens is 610 g/mol. The van der Waals surface area contributed by atoms with Crippen LogP contribution in [0.5, 0.6) is 0 Å². The molecule has 1 heterocycles. The van der Waals surface area contributed by atoms with Crippen molar-refractivity contribution in [3.63, 3.8) is 0 Å². The monoisotopic (exact) mass is 680 g/mol. The topological polar surface area (TPSA) is 149 Å². The number of ether oxygens (including phenoxy) is 2. The predicted octanol–water partition coefficient (Wildman–Crippen LogP) is 6.33. The van der Waals surface area contributed by atoms with E-state index in [1.165, 1.54) is 57.8 Å². The average molecular weight is 680 g/mol. The SMILES string of the molecule is CCCCC/C=C/C/C=C/CCCCCCCC(=O)N[C@@H](CO[C@H]1O[C@@H](CO)[C@H](O)C(O)C1O)[C@H](O)/C=C/C=C/CCCCCCCC. The fourth-order valence-electron chi connectivity index (χ4n) is 5.53. The van der Waals surface area contributed by atoms with Gasteiger partial charge in [0.1, 0.15) is 24.4 Å². The van der Waals surface area contributed by atoms with Crippen molar-refractivity contribution >= 4 is 5.91 Å². The molecule has 0 aromatic carbocycles. The summed E-state index contributed by atoms with van der Waals surface area (Å²) in [6.45, 7) is 3.64. The Bertz CT molecular complexity index is 889. The van der Waals surface area contributed by atoms with Crippen molar-refractivity contribution in [2.75, 3.05) is 13.2 Å². The lowest BCUT2D eigenvalue weighted by Gasteiger charge is -2.40. The van der Waals surface area contributed by atoms with Crippen LogP contribution in [0.25, 0.3) is 0 Å². The van der Waals surface area contributed by atoms with Gasteiger partial charge < -0.3 is 40.3 Å². The normalized spacial score (nSPS) is 23.2. The maximum Gasteiger partial charge on any atom is 0.220 e.